The second kappa shape index (κ2) is 8.96. The van der Waals surface area contributed by atoms with Gasteiger partial charge in [0.2, 0.25) is 5.91 Å². The summed E-state index contributed by atoms with van der Waals surface area (Å²) in [6, 6.07) is 0.934. The summed E-state index contributed by atoms with van der Waals surface area (Å²) in [5.74, 6) is -0.650. The van der Waals surface area contributed by atoms with Crippen LogP contribution in [0, 0.1) is 5.82 Å². The summed E-state index contributed by atoms with van der Waals surface area (Å²) in [5.41, 5.74) is 5.17. The summed E-state index contributed by atoms with van der Waals surface area (Å²) in [7, 11) is 0. The van der Waals surface area contributed by atoms with Crippen molar-refractivity contribution in [2.45, 2.75) is 59.1 Å². The van der Waals surface area contributed by atoms with Crippen LogP contribution < -0.4 is 20.5 Å². The van der Waals surface area contributed by atoms with Gasteiger partial charge in [-0.05, 0) is 47.1 Å². The normalized spacial score (nSPS) is 15.5. The van der Waals surface area contributed by atoms with Crippen molar-refractivity contribution < 1.29 is 23.5 Å². The van der Waals surface area contributed by atoms with Gasteiger partial charge in [-0.15, -0.1) is 0 Å². The van der Waals surface area contributed by atoms with Crippen LogP contribution in [0.1, 0.15) is 59.1 Å². The predicted molar refractivity (Wildman–Crippen MR) is 105 cm³/mol. The largest absolute Gasteiger partial charge is 0.491 e. The zero-order valence-electron chi connectivity index (χ0n) is 16.8. The average molecular weight is 416 g/mol. The minimum absolute atomic E-state index is 0.0396. The Morgan fingerprint density at radius 2 is 2.11 bits per heavy atom. The maximum absolute atomic E-state index is 14.8. The highest BCUT2D eigenvalue weighted by molar-refractivity contribution is 6.31. The van der Waals surface area contributed by atoms with Gasteiger partial charge in [0.05, 0.1) is 17.7 Å². The van der Waals surface area contributed by atoms with Gasteiger partial charge in [0.15, 0.2) is 11.6 Å². The van der Waals surface area contributed by atoms with Crippen molar-refractivity contribution in [2.75, 3.05) is 18.1 Å². The fourth-order valence-electron chi connectivity index (χ4n) is 2.91. The third-order valence-corrected chi connectivity index (χ3v) is 4.34. The third-order valence-electron chi connectivity index (χ3n) is 4.07. The van der Waals surface area contributed by atoms with Gasteiger partial charge in [0.1, 0.15) is 11.3 Å². The molecule has 1 aliphatic heterocycles. The van der Waals surface area contributed by atoms with E-state index >= 15 is 0 Å². The molecule has 1 fully saturated rings. The summed E-state index contributed by atoms with van der Waals surface area (Å²) in [4.78, 5) is 25.4. The van der Waals surface area contributed by atoms with Crippen molar-refractivity contribution in [1.29, 1.82) is 0 Å². The Balaban J connectivity index is 2.33. The predicted octanol–water partition coefficient (Wildman–Crippen LogP) is 4.09. The number of nitrogens with one attached hydrogen (secondary N) is 2. The van der Waals surface area contributed by atoms with Gasteiger partial charge in [-0.2, -0.15) is 0 Å². The van der Waals surface area contributed by atoms with Crippen LogP contribution in [0.3, 0.4) is 0 Å². The lowest BCUT2D eigenvalue weighted by molar-refractivity contribution is -0.117. The standard InChI is InChI=1S/C19H27ClFN3O4/c1-6-27-17-12(11(2)22-23-18(26)28-19(3,4)5)10-13(20)15(21)16(17)24-9-7-8-14(24)25/h10-11,22H,6-9H2,1-5H3,(H,23,26)/t11-/m0/s1. The van der Waals surface area contributed by atoms with E-state index in [0.717, 1.165) is 0 Å². The van der Waals surface area contributed by atoms with Gasteiger partial charge in [0.25, 0.3) is 0 Å². The monoisotopic (exact) mass is 415 g/mol. The van der Waals surface area contributed by atoms with E-state index in [4.69, 9.17) is 21.1 Å². The molecule has 0 aromatic heterocycles. The van der Waals surface area contributed by atoms with Crippen molar-refractivity contribution in [3.05, 3.63) is 22.5 Å². The van der Waals surface area contributed by atoms with Gasteiger partial charge in [-0.1, -0.05) is 11.6 Å². The molecule has 2 amide bonds. The first-order valence-corrected chi connectivity index (χ1v) is 9.62. The van der Waals surface area contributed by atoms with Crippen LogP contribution in [-0.2, 0) is 9.53 Å². The van der Waals surface area contributed by atoms with Crippen LogP contribution >= 0.6 is 11.6 Å². The number of hydrogen-bond acceptors (Lipinski definition) is 5. The van der Waals surface area contributed by atoms with E-state index in [2.05, 4.69) is 10.9 Å². The first-order chi connectivity index (χ1) is 13.0. The van der Waals surface area contributed by atoms with Crippen molar-refractivity contribution in [3.8, 4) is 5.75 Å². The van der Waals surface area contributed by atoms with Gasteiger partial charge in [0, 0.05) is 18.5 Å². The van der Waals surface area contributed by atoms with E-state index in [1.165, 1.54) is 11.0 Å². The number of carbonyl (C=O) groups is 2. The molecular weight excluding hydrogens is 389 g/mol. The highest BCUT2D eigenvalue weighted by Crippen LogP contribution is 2.42. The van der Waals surface area contributed by atoms with Crippen molar-refractivity contribution in [2.24, 2.45) is 0 Å². The maximum atomic E-state index is 14.8. The Morgan fingerprint density at radius 3 is 2.64 bits per heavy atom. The second-order valence-corrected chi connectivity index (χ2v) is 7.92. The fourth-order valence-corrected chi connectivity index (χ4v) is 3.11. The lowest BCUT2D eigenvalue weighted by atomic mass is 10.1. The molecule has 1 heterocycles. The minimum atomic E-state index is -0.698. The van der Waals surface area contributed by atoms with Crippen LogP contribution in [0.25, 0.3) is 0 Å². The smallest absolute Gasteiger partial charge is 0.422 e. The van der Waals surface area contributed by atoms with Gasteiger partial charge in [-0.3, -0.25) is 10.2 Å². The number of hydrogen-bond donors (Lipinski definition) is 2. The summed E-state index contributed by atoms with van der Waals surface area (Å²) >= 11 is 6.10. The van der Waals surface area contributed by atoms with E-state index in [1.807, 2.05) is 0 Å². The molecule has 0 radical (unpaired) electrons. The molecule has 1 aromatic rings. The number of ether oxygens (including phenoxy) is 2. The molecule has 1 saturated heterocycles. The van der Waals surface area contributed by atoms with Crippen LogP contribution in [0.5, 0.6) is 5.75 Å². The molecule has 28 heavy (non-hydrogen) atoms. The summed E-state index contributed by atoms with van der Waals surface area (Å²) in [6.45, 7) is 9.44. The molecule has 1 aromatic carbocycles. The van der Waals surface area contributed by atoms with Gasteiger partial charge in [-0.25, -0.2) is 14.6 Å². The van der Waals surface area contributed by atoms with Crippen LogP contribution in [0.4, 0.5) is 14.9 Å². The van der Waals surface area contributed by atoms with Crippen LogP contribution in [-0.4, -0.2) is 30.8 Å². The molecule has 0 bridgehead atoms. The maximum Gasteiger partial charge on any atom is 0.422 e. The number of hydrazine groups is 1. The van der Waals surface area contributed by atoms with E-state index < -0.39 is 23.6 Å². The molecule has 156 valence electrons. The number of carbonyl (C=O) groups excluding carboxylic acids is 2. The quantitative estimate of drug-likeness (QED) is 0.684. The minimum Gasteiger partial charge on any atom is -0.491 e. The van der Waals surface area contributed by atoms with Gasteiger partial charge >= 0.3 is 6.09 Å². The number of halogens is 2. The first kappa shape index (κ1) is 22.2. The number of benzene rings is 1. The molecule has 1 aliphatic rings. The molecule has 0 spiro atoms. The summed E-state index contributed by atoms with van der Waals surface area (Å²) in [5, 5.41) is -0.126. The van der Waals surface area contributed by atoms with Crippen molar-refractivity contribution in [3.63, 3.8) is 0 Å². The molecule has 0 unspecified atom stereocenters. The molecule has 9 heteroatoms. The van der Waals surface area contributed by atoms with Crippen LogP contribution in [0.2, 0.25) is 5.02 Å². The second-order valence-electron chi connectivity index (χ2n) is 7.51. The Hall–Kier alpha value is -2.06. The Morgan fingerprint density at radius 1 is 1.43 bits per heavy atom. The summed E-state index contributed by atoms with van der Waals surface area (Å²) < 4.78 is 25.7. The Kier molecular flexibility index (Phi) is 7.11. The molecule has 0 saturated carbocycles. The third kappa shape index (κ3) is 5.26. The van der Waals surface area contributed by atoms with Gasteiger partial charge < -0.3 is 14.4 Å². The zero-order chi connectivity index (χ0) is 21.1. The molecule has 2 rings (SSSR count). The Bertz CT molecular complexity index is 752. The SMILES string of the molecule is CCOc1c([C@H](C)NNC(=O)OC(C)(C)C)cc(Cl)c(F)c1N1CCCC1=O. The highest BCUT2D eigenvalue weighted by Gasteiger charge is 2.31. The number of nitrogens with zero attached hydrogens (tertiary/aromatic N) is 1. The van der Waals surface area contributed by atoms with Crippen molar-refractivity contribution >= 4 is 29.3 Å². The molecule has 1 atom stereocenters. The topological polar surface area (TPSA) is 79.9 Å². The first-order valence-electron chi connectivity index (χ1n) is 9.24. The fraction of sp³-hybridized carbons (Fsp3) is 0.579. The molecule has 7 nitrogen and oxygen atoms in total. The number of rotatable bonds is 6. The highest BCUT2D eigenvalue weighted by atomic mass is 35.5. The molecule has 0 aliphatic carbocycles. The number of amides is 2. The lowest BCUT2D eigenvalue weighted by Gasteiger charge is -2.26. The molecule has 2 N–H and O–H groups in total. The van der Waals surface area contributed by atoms with E-state index in [0.29, 0.717) is 24.9 Å². The molecular formula is C19H27ClFN3O4. The average Bonchev–Trinajstić information content (AvgIpc) is 3.00. The number of anilines is 1. The van der Waals surface area contributed by atoms with E-state index in [1.54, 1.807) is 34.6 Å². The van der Waals surface area contributed by atoms with Crippen LogP contribution in [0.15, 0.2) is 6.07 Å². The van der Waals surface area contributed by atoms with E-state index in [9.17, 15) is 14.0 Å². The van der Waals surface area contributed by atoms with E-state index in [-0.39, 0.29) is 29.0 Å². The van der Waals surface area contributed by atoms with Crippen molar-refractivity contribution in [1.82, 2.24) is 10.9 Å². The Labute approximate surface area is 169 Å². The summed E-state index contributed by atoms with van der Waals surface area (Å²) in [6.07, 6.45) is 0.334. The lowest BCUT2D eigenvalue weighted by Crippen LogP contribution is -2.42. The zero-order valence-corrected chi connectivity index (χ0v) is 17.6.